The molecule has 2 fully saturated rings. The number of nitrogens with zero attached hydrogens (tertiary/aromatic N) is 2. The van der Waals surface area contributed by atoms with Crippen LogP contribution in [0.3, 0.4) is 0 Å². The largest absolute Gasteiger partial charge is 0.591 e. The van der Waals surface area contributed by atoms with Crippen molar-refractivity contribution in [2.75, 3.05) is 19.7 Å². The van der Waals surface area contributed by atoms with E-state index < -0.39 is 21.7 Å². The Morgan fingerprint density at radius 1 is 1.17 bits per heavy atom. The van der Waals surface area contributed by atoms with E-state index in [1.165, 1.54) is 0 Å². The van der Waals surface area contributed by atoms with Crippen LogP contribution >= 0.6 is 23.2 Å². The minimum Gasteiger partial charge on any atom is -0.591 e. The van der Waals surface area contributed by atoms with Crippen molar-refractivity contribution >= 4 is 46.4 Å². The number of halogens is 2. The number of likely N-dealkylation sites (tertiary alicyclic amines) is 1. The second-order valence-corrected chi connectivity index (χ2v) is 14.0. The Kier molecular flexibility index (Phi) is 8.78. The van der Waals surface area contributed by atoms with Crippen LogP contribution in [0, 0.1) is 17.8 Å². The number of hydrogen-bond donors (Lipinski definition) is 0. The van der Waals surface area contributed by atoms with Crippen LogP contribution in [0.25, 0.3) is 0 Å². The van der Waals surface area contributed by atoms with Gasteiger partial charge in [-0.2, -0.15) is 0 Å². The molecule has 1 aliphatic carbocycles. The fourth-order valence-electron chi connectivity index (χ4n) is 4.57. The maximum absolute atomic E-state index is 13.1. The first-order valence-electron chi connectivity index (χ1n) is 11.9. The summed E-state index contributed by atoms with van der Waals surface area (Å²) in [6, 6.07) is 3.43. The summed E-state index contributed by atoms with van der Waals surface area (Å²) < 4.78 is 28.8. The van der Waals surface area contributed by atoms with Gasteiger partial charge in [0.1, 0.15) is 39.8 Å². The van der Waals surface area contributed by atoms with E-state index in [0.717, 1.165) is 12.8 Å². The quantitative estimate of drug-likeness (QED) is 0.227. The van der Waals surface area contributed by atoms with Crippen LogP contribution in [-0.4, -0.2) is 51.3 Å². The first-order valence-corrected chi connectivity index (χ1v) is 13.8. The third-order valence-electron chi connectivity index (χ3n) is 6.15. The van der Waals surface area contributed by atoms with E-state index in [1.54, 1.807) is 23.1 Å². The van der Waals surface area contributed by atoms with Crippen LogP contribution in [0.2, 0.25) is 10.0 Å². The highest BCUT2D eigenvalue weighted by molar-refractivity contribution is 7.91. The topological polar surface area (TPSA) is 74.2 Å². The van der Waals surface area contributed by atoms with Crippen LogP contribution in [-0.2, 0) is 16.1 Å². The molecule has 0 N–H and O–H groups in total. The van der Waals surface area contributed by atoms with Crippen molar-refractivity contribution in [3.63, 3.8) is 0 Å². The highest BCUT2D eigenvalue weighted by Crippen LogP contribution is 2.45. The fraction of sp³-hybridized carbons (Fsp3) is 0.615. The summed E-state index contributed by atoms with van der Waals surface area (Å²) in [6.07, 6.45) is 3.04. The molecule has 1 amide bonds. The van der Waals surface area contributed by atoms with Gasteiger partial charge in [0.25, 0.3) is 0 Å². The van der Waals surface area contributed by atoms with Crippen molar-refractivity contribution in [2.45, 2.75) is 64.7 Å². The van der Waals surface area contributed by atoms with Gasteiger partial charge < -0.3 is 18.9 Å². The second kappa shape index (κ2) is 10.9. The minimum atomic E-state index is -1.47. The summed E-state index contributed by atoms with van der Waals surface area (Å²) in [5.41, 5.74) is 0.894. The van der Waals surface area contributed by atoms with Gasteiger partial charge in [-0.05, 0) is 72.3 Å². The number of carbonyl (C=O) groups excluding carboxylic acids is 1. The van der Waals surface area contributed by atoms with Crippen LogP contribution in [0.4, 0.5) is 4.79 Å². The van der Waals surface area contributed by atoms with Gasteiger partial charge in [-0.1, -0.05) is 40.3 Å². The molecule has 0 radical (unpaired) electrons. The third kappa shape index (κ3) is 7.09. The lowest BCUT2D eigenvalue weighted by Crippen LogP contribution is -2.36. The number of amides is 1. The molecule has 1 aromatic rings. The molecule has 0 aromatic heterocycles. The van der Waals surface area contributed by atoms with Crippen molar-refractivity contribution < 1.29 is 18.8 Å². The van der Waals surface area contributed by atoms with Crippen molar-refractivity contribution in [3.8, 4) is 5.75 Å². The van der Waals surface area contributed by atoms with E-state index in [1.807, 2.05) is 41.5 Å². The van der Waals surface area contributed by atoms with E-state index in [9.17, 15) is 9.35 Å². The number of hydrogen-bond acceptors (Lipinski definition) is 5. The van der Waals surface area contributed by atoms with Gasteiger partial charge in [0.05, 0.1) is 10.0 Å². The van der Waals surface area contributed by atoms with Crippen LogP contribution < -0.4 is 4.74 Å². The molecule has 9 heteroatoms. The Labute approximate surface area is 222 Å². The van der Waals surface area contributed by atoms with Crippen LogP contribution in [0.15, 0.2) is 29.2 Å². The molecule has 35 heavy (non-hydrogen) atoms. The first-order chi connectivity index (χ1) is 16.2. The molecule has 1 saturated carbocycles. The van der Waals surface area contributed by atoms with Gasteiger partial charge in [-0.15, -0.1) is 0 Å². The molecular formula is C26H36Cl2N2O4S. The molecule has 1 saturated heterocycles. The van der Waals surface area contributed by atoms with E-state index in [0.29, 0.717) is 58.6 Å². The smallest absolute Gasteiger partial charge is 0.410 e. The molecule has 3 unspecified atom stereocenters. The Bertz CT molecular complexity index is 973. The van der Waals surface area contributed by atoms with Crippen molar-refractivity contribution in [2.24, 2.45) is 22.2 Å². The molecule has 6 nitrogen and oxygen atoms in total. The van der Waals surface area contributed by atoms with Crippen LogP contribution in [0.5, 0.6) is 5.75 Å². The van der Waals surface area contributed by atoms with Gasteiger partial charge >= 0.3 is 6.09 Å². The lowest BCUT2D eigenvalue weighted by Gasteiger charge is -2.26. The van der Waals surface area contributed by atoms with E-state index in [2.05, 4.69) is 6.58 Å². The molecule has 3 rings (SSSR count). The number of ether oxygens (including phenoxy) is 2. The predicted molar refractivity (Wildman–Crippen MR) is 144 cm³/mol. The fourth-order valence-corrected chi connectivity index (χ4v) is 5.58. The number of fused-ring (bicyclic) bond motifs is 1. The van der Waals surface area contributed by atoms with Gasteiger partial charge in [0.15, 0.2) is 0 Å². The van der Waals surface area contributed by atoms with Crippen molar-refractivity contribution in [1.29, 1.82) is 0 Å². The SMILES string of the molecule is C=CCOc1cc(Cl)c(Cl)cc1/C(=N\[S+]([O-])C(C)(C)C)C1CC2CN(C(=O)OC(C)(C)C)CC2C1. The molecule has 0 bridgehead atoms. The number of rotatable bonds is 6. The molecule has 1 aromatic carbocycles. The zero-order valence-corrected chi connectivity index (χ0v) is 23.7. The Morgan fingerprint density at radius 2 is 1.74 bits per heavy atom. The molecule has 2 aliphatic rings. The Hall–Kier alpha value is -1.41. The van der Waals surface area contributed by atoms with Crippen LogP contribution in [0.1, 0.15) is 59.9 Å². The monoisotopic (exact) mass is 542 g/mol. The Morgan fingerprint density at radius 3 is 2.26 bits per heavy atom. The first kappa shape index (κ1) is 28.2. The lowest BCUT2D eigenvalue weighted by molar-refractivity contribution is 0.0279. The van der Waals surface area contributed by atoms with E-state index >= 15 is 0 Å². The molecular weight excluding hydrogens is 507 g/mol. The Balaban J connectivity index is 1.91. The van der Waals surface area contributed by atoms with Crippen molar-refractivity contribution in [3.05, 3.63) is 40.4 Å². The average molecular weight is 544 g/mol. The highest BCUT2D eigenvalue weighted by Gasteiger charge is 2.46. The predicted octanol–water partition coefficient (Wildman–Crippen LogP) is 6.70. The molecule has 0 spiro atoms. The van der Waals surface area contributed by atoms with E-state index in [4.69, 9.17) is 37.1 Å². The lowest BCUT2D eigenvalue weighted by atomic mass is 9.93. The molecule has 1 aliphatic heterocycles. The molecule has 1 heterocycles. The summed E-state index contributed by atoms with van der Waals surface area (Å²) in [7, 11) is 0. The normalized spacial score (nSPS) is 23.7. The summed E-state index contributed by atoms with van der Waals surface area (Å²) >= 11 is 11.2. The van der Waals surface area contributed by atoms with Gasteiger partial charge in [0, 0.05) is 30.6 Å². The maximum atomic E-state index is 13.1. The summed E-state index contributed by atoms with van der Waals surface area (Å²) in [5, 5.41) is 0.762. The molecule has 3 atom stereocenters. The second-order valence-electron chi connectivity index (χ2n) is 11.3. The highest BCUT2D eigenvalue weighted by atomic mass is 35.5. The minimum absolute atomic E-state index is 0.0559. The van der Waals surface area contributed by atoms with Gasteiger partial charge in [0.2, 0.25) is 0 Å². The maximum Gasteiger partial charge on any atom is 0.410 e. The number of benzene rings is 1. The van der Waals surface area contributed by atoms with Crippen molar-refractivity contribution in [1.82, 2.24) is 4.90 Å². The number of carbonyl (C=O) groups is 1. The average Bonchev–Trinajstić information content (AvgIpc) is 3.30. The van der Waals surface area contributed by atoms with Gasteiger partial charge in [-0.25, -0.2) is 4.79 Å². The van der Waals surface area contributed by atoms with Gasteiger partial charge in [-0.3, -0.25) is 0 Å². The summed E-state index contributed by atoms with van der Waals surface area (Å²) in [6.45, 7) is 16.6. The zero-order valence-electron chi connectivity index (χ0n) is 21.4. The molecule has 194 valence electrons. The summed E-state index contributed by atoms with van der Waals surface area (Å²) in [4.78, 5) is 14.4. The zero-order chi connectivity index (χ0) is 26.1. The standard InChI is InChI=1S/C26H36Cl2N2O4S/c1-8-9-33-22-13-21(28)20(27)12-19(22)23(29-35(32)26(5,6)7)16-10-17-14-30(15-18(17)11-16)24(31)34-25(2,3)4/h8,12-13,16-18H,1,9-11,14-15H2,2-7H3/b29-23-. The third-order valence-corrected chi connectivity index (χ3v) is 8.28. The van der Waals surface area contributed by atoms with E-state index in [-0.39, 0.29) is 12.0 Å². The summed E-state index contributed by atoms with van der Waals surface area (Å²) in [5.74, 6) is 1.24.